The molecule has 1 aromatic rings. The highest BCUT2D eigenvalue weighted by atomic mass is 79.9. The van der Waals surface area contributed by atoms with Crippen LogP contribution < -0.4 is 5.32 Å². The number of sulfone groups is 1. The van der Waals surface area contributed by atoms with Crippen LogP contribution in [-0.2, 0) is 16.3 Å². The molecule has 1 aliphatic rings. The third-order valence-corrected chi connectivity index (χ3v) is 5.95. The summed E-state index contributed by atoms with van der Waals surface area (Å²) in [5.41, 5.74) is 0.953. The van der Waals surface area contributed by atoms with Gasteiger partial charge in [-0.05, 0) is 56.6 Å². The van der Waals surface area contributed by atoms with Gasteiger partial charge in [0.05, 0.1) is 10.1 Å². The predicted molar refractivity (Wildman–Crippen MR) is 72.0 cm³/mol. The van der Waals surface area contributed by atoms with E-state index in [1.807, 2.05) is 13.1 Å². The fourth-order valence-corrected chi connectivity index (χ4v) is 4.69. The highest BCUT2D eigenvalue weighted by molar-refractivity contribution is 9.10. The average Bonchev–Trinajstić information content (AvgIpc) is 2.50. The van der Waals surface area contributed by atoms with Crippen LogP contribution in [0.2, 0.25) is 0 Å². The number of fused-ring (bicyclic) bond motifs is 1. The number of rotatable bonds is 4. The standard InChI is InChI=1S/C12H16BrNO2S/c1-14-6-2-3-11-8-9-7-10(13)4-5-12(9)17(11,15)16/h4-5,7,11,14H,2-3,6,8H2,1H3. The molecule has 0 fully saturated rings. The van der Waals surface area contributed by atoms with Crippen LogP contribution in [0.15, 0.2) is 27.6 Å². The monoisotopic (exact) mass is 317 g/mol. The summed E-state index contributed by atoms with van der Waals surface area (Å²) in [6.07, 6.45) is 2.28. The predicted octanol–water partition coefficient (Wildman–Crippen LogP) is 2.15. The molecule has 17 heavy (non-hydrogen) atoms. The molecule has 0 saturated carbocycles. The first-order valence-electron chi connectivity index (χ1n) is 5.72. The molecule has 1 N–H and O–H groups in total. The first kappa shape index (κ1) is 13.1. The van der Waals surface area contributed by atoms with Gasteiger partial charge in [-0.15, -0.1) is 0 Å². The van der Waals surface area contributed by atoms with Crippen LogP contribution in [0.1, 0.15) is 18.4 Å². The molecule has 0 aliphatic carbocycles. The largest absolute Gasteiger partial charge is 0.320 e. The summed E-state index contributed by atoms with van der Waals surface area (Å²) < 4.78 is 25.5. The van der Waals surface area contributed by atoms with Gasteiger partial charge < -0.3 is 5.32 Å². The molecule has 3 nitrogen and oxygen atoms in total. The van der Waals surface area contributed by atoms with Crippen molar-refractivity contribution in [3.8, 4) is 0 Å². The van der Waals surface area contributed by atoms with Gasteiger partial charge in [0.25, 0.3) is 0 Å². The van der Waals surface area contributed by atoms with Gasteiger partial charge in [-0.1, -0.05) is 15.9 Å². The van der Waals surface area contributed by atoms with Crippen LogP contribution in [0.3, 0.4) is 0 Å². The van der Waals surface area contributed by atoms with Crippen LogP contribution in [0.25, 0.3) is 0 Å². The van der Waals surface area contributed by atoms with E-state index in [0.717, 1.165) is 29.4 Å². The van der Waals surface area contributed by atoms with Gasteiger partial charge in [-0.25, -0.2) is 8.42 Å². The Morgan fingerprint density at radius 2 is 2.24 bits per heavy atom. The maximum atomic E-state index is 12.3. The minimum atomic E-state index is -3.09. The topological polar surface area (TPSA) is 46.2 Å². The third kappa shape index (κ3) is 2.56. The fourth-order valence-electron chi connectivity index (χ4n) is 2.28. The van der Waals surface area contributed by atoms with Crippen LogP contribution in [0.4, 0.5) is 0 Å². The summed E-state index contributed by atoms with van der Waals surface area (Å²) in [5, 5.41) is 2.81. The van der Waals surface area contributed by atoms with E-state index in [1.165, 1.54) is 0 Å². The summed E-state index contributed by atoms with van der Waals surface area (Å²) in [7, 11) is -1.21. The van der Waals surface area contributed by atoms with Crippen LogP contribution >= 0.6 is 15.9 Å². The molecule has 1 unspecified atom stereocenters. The van der Waals surface area contributed by atoms with Gasteiger partial charge in [-0.3, -0.25) is 0 Å². The molecule has 5 heteroatoms. The molecular weight excluding hydrogens is 302 g/mol. The summed E-state index contributed by atoms with van der Waals surface area (Å²) in [4.78, 5) is 0.523. The van der Waals surface area contributed by atoms with Gasteiger partial charge in [0.2, 0.25) is 0 Å². The molecule has 1 heterocycles. The quantitative estimate of drug-likeness (QED) is 0.865. The van der Waals surface area contributed by atoms with E-state index in [4.69, 9.17) is 0 Å². The number of halogens is 1. The highest BCUT2D eigenvalue weighted by Gasteiger charge is 2.36. The summed E-state index contributed by atoms with van der Waals surface area (Å²) in [5.74, 6) is 0. The zero-order chi connectivity index (χ0) is 12.5. The van der Waals surface area contributed by atoms with Crippen molar-refractivity contribution in [2.24, 2.45) is 0 Å². The number of hydrogen-bond donors (Lipinski definition) is 1. The lowest BCUT2D eigenvalue weighted by Crippen LogP contribution is -2.19. The molecule has 1 aromatic carbocycles. The Labute approximate surface area is 111 Å². The van der Waals surface area contributed by atoms with Gasteiger partial charge in [0.1, 0.15) is 0 Å². The lowest BCUT2D eigenvalue weighted by molar-refractivity contribution is 0.570. The Morgan fingerprint density at radius 3 is 2.94 bits per heavy atom. The fraction of sp³-hybridized carbons (Fsp3) is 0.500. The molecular formula is C12H16BrNO2S. The molecule has 0 spiro atoms. The third-order valence-electron chi connectivity index (χ3n) is 3.17. The minimum Gasteiger partial charge on any atom is -0.320 e. The van der Waals surface area contributed by atoms with Crippen molar-refractivity contribution in [3.63, 3.8) is 0 Å². The molecule has 0 aromatic heterocycles. The van der Waals surface area contributed by atoms with Crippen LogP contribution in [0.5, 0.6) is 0 Å². The van der Waals surface area contributed by atoms with Crippen molar-refractivity contribution in [2.45, 2.75) is 29.4 Å². The van der Waals surface area contributed by atoms with Crippen LogP contribution in [0, 0.1) is 0 Å². The molecule has 1 aliphatic heterocycles. The number of hydrogen-bond acceptors (Lipinski definition) is 3. The van der Waals surface area contributed by atoms with E-state index in [2.05, 4.69) is 21.2 Å². The first-order valence-corrected chi connectivity index (χ1v) is 8.06. The van der Waals surface area contributed by atoms with Crippen molar-refractivity contribution >= 4 is 25.8 Å². The molecule has 0 saturated heterocycles. The van der Waals surface area contributed by atoms with Gasteiger partial charge in [0.15, 0.2) is 9.84 Å². The Kier molecular flexibility index (Phi) is 3.90. The van der Waals surface area contributed by atoms with Crippen molar-refractivity contribution in [3.05, 3.63) is 28.2 Å². The van der Waals surface area contributed by atoms with Crippen molar-refractivity contribution < 1.29 is 8.42 Å². The second kappa shape index (κ2) is 5.08. The number of benzene rings is 1. The van der Waals surface area contributed by atoms with Gasteiger partial charge >= 0.3 is 0 Å². The van der Waals surface area contributed by atoms with Crippen molar-refractivity contribution in [1.29, 1.82) is 0 Å². The number of nitrogens with one attached hydrogen (secondary N) is 1. The normalized spacial score (nSPS) is 21.4. The van der Waals surface area contributed by atoms with E-state index >= 15 is 0 Å². The van der Waals surface area contributed by atoms with E-state index in [9.17, 15) is 8.42 Å². The Morgan fingerprint density at radius 1 is 1.47 bits per heavy atom. The zero-order valence-electron chi connectivity index (χ0n) is 9.74. The van der Waals surface area contributed by atoms with E-state index in [1.54, 1.807) is 12.1 Å². The molecule has 1 atom stereocenters. The minimum absolute atomic E-state index is 0.236. The Balaban J connectivity index is 2.21. The van der Waals surface area contributed by atoms with E-state index < -0.39 is 9.84 Å². The lowest BCUT2D eigenvalue weighted by atomic mass is 10.1. The van der Waals surface area contributed by atoms with Gasteiger partial charge in [-0.2, -0.15) is 0 Å². The van der Waals surface area contributed by atoms with Crippen molar-refractivity contribution in [1.82, 2.24) is 5.32 Å². The maximum absolute atomic E-state index is 12.3. The Bertz CT molecular complexity index is 513. The SMILES string of the molecule is CNCCCC1Cc2cc(Br)ccc2S1(=O)=O. The lowest BCUT2D eigenvalue weighted by Gasteiger charge is -2.08. The second-order valence-electron chi connectivity index (χ2n) is 4.37. The molecule has 0 amide bonds. The average molecular weight is 318 g/mol. The smallest absolute Gasteiger partial charge is 0.181 e. The molecule has 0 radical (unpaired) electrons. The second-order valence-corrected chi connectivity index (χ2v) is 7.48. The zero-order valence-corrected chi connectivity index (χ0v) is 12.1. The van der Waals surface area contributed by atoms with Crippen molar-refractivity contribution in [2.75, 3.05) is 13.6 Å². The summed E-state index contributed by atoms with van der Waals surface area (Å²) in [6.45, 7) is 0.867. The Hall–Kier alpha value is -0.390. The van der Waals surface area contributed by atoms with E-state index in [0.29, 0.717) is 11.3 Å². The summed E-state index contributed by atoms with van der Waals surface area (Å²) in [6, 6.07) is 5.43. The molecule has 0 bridgehead atoms. The van der Waals surface area contributed by atoms with E-state index in [-0.39, 0.29) is 5.25 Å². The highest BCUT2D eigenvalue weighted by Crippen LogP contribution is 2.34. The van der Waals surface area contributed by atoms with Crippen LogP contribution in [-0.4, -0.2) is 27.3 Å². The van der Waals surface area contributed by atoms with Gasteiger partial charge in [0, 0.05) is 4.47 Å². The first-order chi connectivity index (χ1) is 8.05. The maximum Gasteiger partial charge on any atom is 0.181 e. The molecule has 2 rings (SSSR count). The summed E-state index contributed by atoms with van der Waals surface area (Å²) >= 11 is 3.38. The molecule has 94 valence electrons.